The number of carbonyl (C=O) groups is 3. The topological polar surface area (TPSA) is 74.7 Å². The Bertz CT molecular complexity index is 1490. The molecule has 1 amide bonds. The minimum Gasteiger partial charge on any atom is -0.480 e. The summed E-state index contributed by atoms with van der Waals surface area (Å²) >= 11 is 18.4. The monoisotopic (exact) mass is 565 g/mol. The van der Waals surface area contributed by atoms with E-state index in [1.165, 1.54) is 23.1 Å². The molecule has 0 saturated heterocycles. The highest BCUT2D eigenvalue weighted by Crippen LogP contribution is 2.26. The molecular formula is C30H22Cl3NO4. The molecule has 4 aromatic carbocycles. The molecule has 192 valence electrons. The molecule has 0 radical (unpaired) electrons. The zero-order valence-electron chi connectivity index (χ0n) is 20.0. The zero-order valence-corrected chi connectivity index (χ0v) is 22.3. The van der Waals surface area contributed by atoms with Crippen molar-refractivity contribution in [3.05, 3.63) is 140 Å². The standard InChI is InChI=1S/C30H22Cl3NO4/c31-23-11-5-10-22(16-23)28(35)21-9-4-8-20(14-21)18-34(29(36)25-13-12-24(32)17-26(25)33)27(30(37)38)15-19-6-2-1-3-7-19/h1-14,16-17,27H,15,18H2,(H,37,38). The van der Waals surface area contributed by atoms with Crippen LogP contribution in [-0.2, 0) is 17.8 Å². The molecule has 4 rings (SSSR count). The molecule has 1 unspecified atom stereocenters. The van der Waals surface area contributed by atoms with Crippen LogP contribution >= 0.6 is 34.8 Å². The quantitative estimate of drug-likeness (QED) is 0.217. The summed E-state index contributed by atoms with van der Waals surface area (Å²) in [7, 11) is 0. The van der Waals surface area contributed by atoms with E-state index in [4.69, 9.17) is 34.8 Å². The molecule has 8 heteroatoms. The number of hydrogen-bond donors (Lipinski definition) is 1. The van der Waals surface area contributed by atoms with Crippen molar-refractivity contribution in [2.75, 3.05) is 0 Å². The molecule has 0 bridgehead atoms. The summed E-state index contributed by atoms with van der Waals surface area (Å²) in [6.45, 7) is -0.0712. The van der Waals surface area contributed by atoms with Crippen LogP contribution in [0.25, 0.3) is 0 Å². The minimum atomic E-state index is -1.20. The Kier molecular flexibility index (Phi) is 8.85. The lowest BCUT2D eigenvalue weighted by molar-refractivity contribution is -0.142. The number of aliphatic carboxylic acids is 1. The number of carbonyl (C=O) groups excluding carboxylic acids is 2. The van der Waals surface area contributed by atoms with Gasteiger partial charge >= 0.3 is 5.97 Å². The van der Waals surface area contributed by atoms with Gasteiger partial charge in [0.05, 0.1) is 10.6 Å². The number of carboxylic acid groups (broad SMARTS) is 1. The molecule has 1 N–H and O–H groups in total. The number of amides is 1. The van der Waals surface area contributed by atoms with Gasteiger partial charge < -0.3 is 10.0 Å². The Morgan fingerprint density at radius 1 is 0.711 bits per heavy atom. The molecule has 0 aliphatic rings. The third-order valence-electron chi connectivity index (χ3n) is 5.98. The van der Waals surface area contributed by atoms with Crippen LogP contribution in [0.4, 0.5) is 0 Å². The van der Waals surface area contributed by atoms with Crippen molar-refractivity contribution in [3.8, 4) is 0 Å². The zero-order chi connectivity index (χ0) is 27.2. The van der Waals surface area contributed by atoms with Crippen LogP contribution < -0.4 is 0 Å². The molecule has 1 atom stereocenters. The first-order valence-corrected chi connectivity index (χ1v) is 12.8. The number of benzene rings is 4. The van der Waals surface area contributed by atoms with Crippen LogP contribution in [0.1, 0.15) is 37.4 Å². The first-order chi connectivity index (χ1) is 18.2. The van der Waals surface area contributed by atoms with Gasteiger partial charge in [0.1, 0.15) is 6.04 Å². The lowest BCUT2D eigenvalue weighted by Crippen LogP contribution is -2.46. The molecule has 0 heterocycles. The van der Waals surface area contributed by atoms with Crippen molar-refractivity contribution < 1.29 is 19.5 Å². The van der Waals surface area contributed by atoms with Gasteiger partial charge in [-0.1, -0.05) is 95.5 Å². The van der Waals surface area contributed by atoms with Crippen molar-refractivity contribution in [3.63, 3.8) is 0 Å². The fraction of sp³-hybridized carbons (Fsp3) is 0.100. The average molecular weight is 567 g/mol. The molecule has 0 spiro atoms. The van der Waals surface area contributed by atoms with Crippen molar-refractivity contribution in [2.24, 2.45) is 0 Å². The van der Waals surface area contributed by atoms with E-state index in [-0.39, 0.29) is 29.3 Å². The third-order valence-corrected chi connectivity index (χ3v) is 6.77. The largest absolute Gasteiger partial charge is 0.480 e. The lowest BCUT2D eigenvalue weighted by Gasteiger charge is -2.30. The fourth-order valence-electron chi connectivity index (χ4n) is 4.11. The summed E-state index contributed by atoms with van der Waals surface area (Å²) in [6, 6.07) is 25.6. The predicted molar refractivity (Wildman–Crippen MR) is 149 cm³/mol. The van der Waals surface area contributed by atoms with Crippen molar-refractivity contribution in [1.82, 2.24) is 4.90 Å². The molecule has 0 aliphatic carbocycles. The van der Waals surface area contributed by atoms with Gasteiger partial charge in [-0.05, 0) is 47.5 Å². The maximum absolute atomic E-state index is 13.7. The summed E-state index contributed by atoms with van der Waals surface area (Å²) in [6.07, 6.45) is 0.0776. The lowest BCUT2D eigenvalue weighted by atomic mass is 9.99. The van der Waals surface area contributed by atoms with Crippen LogP contribution in [0.3, 0.4) is 0 Å². The molecular weight excluding hydrogens is 545 g/mol. The molecule has 0 saturated carbocycles. The average Bonchev–Trinajstić information content (AvgIpc) is 2.90. The Labute approximate surface area is 235 Å². The number of rotatable bonds is 9. The second kappa shape index (κ2) is 12.3. The van der Waals surface area contributed by atoms with Gasteiger partial charge in [0.25, 0.3) is 5.91 Å². The van der Waals surface area contributed by atoms with Gasteiger partial charge in [0.2, 0.25) is 0 Å². The molecule has 0 fully saturated rings. The molecule has 5 nitrogen and oxygen atoms in total. The summed E-state index contributed by atoms with van der Waals surface area (Å²) in [5.74, 6) is -1.98. The molecule has 4 aromatic rings. The van der Waals surface area contributed by atoms with Crippen LogP contribution in [0.15, 0.2) is 97.1 Å². The normalized spacial score (nSPS) is 11.6. The molecule has 0 aromatic heterocycles. The van der Waals surface area contributed by atoms with E-state index < -0.39 is 17.9 Å². The van der Waals surface area contributed by atoms with E-state index in [0.717, 1.165) is 5.56 Å². The number of carboxylic acids is 1. The summed E-state index contributed by atoms with van der Waals surface area (Å²) in [4.78, 5) is 40.6. The predicted octanol–water partition coefficient (Wildman–Crippen LogP) is 7.22. The summed E-state index contributed by atoms with van der Waals surface area (Å²) < 4.78 is 0. The van der Waals surface area contributed by atoms with Crippen molar-refractivity contribution in [1.29, 1.82) is 0 Å². The minimum absolute atomic E-state index is 0.0712. The van der Waals surface area contributed by atoms with Crippen LogP contribution in [0.2, 0.25) is 15.1 Å². The highest BCUT2D eigenvalue weighted by atomic mass is 35.5. The maximum Gasteiger partial charge on any atom is 0.326 e. The second-order valence-electron chi connectivity index (χ2n) is 8.64. The van der Waals surface area contributed by atoms with Gasteiger partial charge in [0.15, 0.2) is 5.78 Å². The van der Waals surface area contributed by atoms with E-state index in [1.807, 2.05) is 6.07 Å². The Hall–Kier alpha value is -3.64. The maximum atomic E-state index is 13.7. The number of hydrogen-bond acceptors (Lipinski definition) is 3. The van der Waals surface area contributed by atoms with E-state index in [2.05, 4.69) is 0 Å². The number of halogens is 3. The van der Waals surface area contributed by atoms with Gasteiger partial charge in [0, 0.05) is 34.1 Å². The van der Waals surface area contributed by atoms with Gasteiger partial charge in [-0.2, -0.15) is 0 Å². The van der Waals surface area contributed by atoms with Gasteiger partial charge in [-0.15, -0.1) is 0 Å². The highest BCUT2D eigenvalue weighted by Gasteiger charge is 2.32. The van der Waals surface area contributed by atoms with Crippen LogP contribution in [0.5, 0.6) is 0 Å². The van der Waals surface area contributed by atoms with E-state index >= 15 is 0 Å². The van der Waals surface area contributed by atoms with Gasteiger partial charge in [-0.25, -0.2) is 4.79 Å². The number of nitrogens with zero attached hydrogens (tertiary/aromatic N) is 1. The van der Waals surface area contributed by atoms with E-state index in [1.54, 1.807) is 72.8 Å². The second-order valence-corrected chi connectivity index (χ2v) is 9.92. The van der Waals surface area contributed by atoms with E-state index in [0.29, 0.717) is 26.7 Å². The Morgan fingerprint density at radius 2 is 1.34 bits per heavy atom. The SMILES string of the molecule is O=C(c1cccc(Cl)c1)c1cccc(CN(C(=O)c2ccc(Cl)cc2Cl)C(Cc2ccccc2)C(=O)O)c1. The molecule has 38 heavy (non-hydrogen) atoms. The first kappa shape index (κ1) is 27.4. The molecule has 0 aliphatic heterocycles. The van der Waals surface area contributed by atoms with Crippen molar-refractivity contribution in [2.45, 2.75) is 19.0 Å². The van der Waals surface area contributed by atoms with E-state index in [9.17, 15) is 19.5 Å². The smallest absolute Gasteiger partial charge is 0.326 e. The Morgan fingerprint density at radius 3 is 2.00 bits per heavy atom. The van der Waals surface area contributed by atoms with Crippen LogP contribution in [-0.4, -0.2) is 33.7 Å². The summed E-state index contributed by atoms with van der Waals surface area (Å²) in [5, 5.41) is 11.1. The Balaban J connectivity index is 1.72. The third kappa shape index (κ3) is 6.62. The first-order valence-electron chi connectivity index (χ1n) is 11.6. The summed E-state index contributed by atoms with van der Waals surface area (Å²) in [5.41, 5.74) is 2.27. The van der Waals surface area contributed by atoms with Gasteiger partial charge in [-0.3, -0.25) is 9.59 Å². The number of ketones is 1. The fourth-order valence-corrected chi connectivity index (χ4v) is 4.79. The van der Waals surface area contributed by atoms with Crippen LogP contribution in [0, 0.1) is 0 Å². The highest BCUT2D eigenvalue weighted by molar-refractivity contribution is 6.36. The van der Waals surface area contributed by atoms with Crippen molar-refractivity contribution >= 4 is 52.5 Å².